The molecule has 0 aromatic heterocycles. The van der Waals surface area contributed by atoms with Gasteiger partial charge < -0.3 is 14.7 Å². The normalized spacial score (nSPS) is 14.2. The van der Waals surface area contributed by atoms with Gasteiger partial charge in [-0.3, -0.25) is 0 Å². The molecule has 3 N–H and O–H groups in total. The maximum absolute atomic E-state index is 11.1. The highest BCUT2D eigenvalue weighted by atomic mass is 32.7. The van der Waals surface area contributed by atoms with Crippen LogP contribution in [-0.4, -0.2) is 14.7 Å². The highest BCUT2D eigenvalue weighted by Crippen LogP contribution is 2.68. The molecule has 2 rings (SSSR count). The van der Waals surface area contributed by atoms with Crippen molar-refractivity contribution < 1.29 is 23.6 Å². The lowest BCUT2D eigenvalue weighted by molar-refractivity contribution is 0.283. The molecule has 1 unspecified atom stereocenters. The molecule has 0 aliphatic rings. The average molecular weight is 373 g/mol. The maximum atomic E-state index is 11.1. The minimum Gasteiger partial charge on any atom is -0.331 e. The molecule has 0 saturated carbocycles. The van der Waals surface area contributed by atoms with Crippen LogP contribution in [0.1, 0.15) is 11.1 Å². The van der Waals surface area contributed by atoms with E-state index in [9.17, 15) is 9.46 Å². The monoisotopic (exact) mass is 373 g/mol. The van der Waals surface area contributed by atoms with Crippen LogP contribution in [0, 0.1) is 0 Å². The third-order valence-electron chi connectivity index (χ3n) is 2.73. The molecule has 1 atom stereocenters. The van der Waals surface area contributed by atoms with E-state index in [0.29, 0.717) is 5.75 Å². The van der Waals surface area contributed by atoms with Crippen LogP contribution >= 0.6 is 25.9 Å². The second-order valence-electron chi connectivity index (χ2n) is 4.61. The first-order chi connectivity index (χ1) is 10.9. The van der Waals surface area contributed by atoms with E-state index in [1.807, 2.05) is 60.7 Å². The van der Waals surface area contributed by atoms with E-state index in [1.54, 1.807) is 0 Å². The fraction of sp³-hybridized carbons (Fsp3) is 0.143. The second kappa shape index (κ2) is 8.27. The van der Waals surface area contributed by atoms with Crippen LogP contribution in [0.3, 0.4) is 0 Å². The number of hydrogen-bond donors (Lipinski definition) is 3. The van der Waals surface area contributed by atoms with Gasteiger partial charge in [0.05, 0.1) is 6.54 Å². The largest absolute Gasteiger partial charge is 0.476 e. The van der Waals surface area contributed by atoms with E-state index >= 15 is 0 Å². The molecule has 0 radical (unpaired) electrons. The van der Waals surface area contributed by atoms with Crippen molar-refractivity contribution in [2.45, 2.75) is 12.3 Å². The quantitative estimate of drug-likeness (QED) is 0.630. The summed E-state index contributed by atoms with van der Waals surface area (Å²) in [6.45, 7) is -3.53. The Morgan fingerprint density at radius 3 is 1.96 bits per heavy atom. The summed E-state index contributed by atoms with van der Waals surface area (Å²) in [6.07, 6.45) is 0. The molecule has 124 valence electrons. The van der Waals surface area contributed by atoms with Gasteiger partial charge >= 0.3 is 7.82 Å². The van der Waals surface area contributed by atoms with E-state index in [1.165, 1.54) is 0 Å². The summed E-state index contributed by atoms with van der Waals surface area (Å²) in [5, 5.41) is 0. The molecule has 0 saturated heterocycles. The summed E-state index contributed by atoms with van der Waals surface area (Å²) in [7, 11) is -4.84. The molecule has 6 nitrogen and oxygen atoms in total. The first-order valence-corrected chi connectivity index (χ1v) is 11.4. The van der Waals surface area contributed by atoms with Crippen LogP contribution in [-0.2, 0) is 21.2 Å². The Labute approximate surface area is 138 Å². The molecule has 0 amide bonds. The molecule has 0 bridgehead atoms. The van der Waals surface area contributed by atoms with Gasteiger partial charge in [0.1, 0.15) is 0 Å². The number of nitrogens with zero attached hydrogens (tertiary/aromatic N) is 1. The Morgan fingerprint density at radius 2 is 1.43 bits per heavy atom. The SMILES string of the molecule is O=P(O)(O)OP(O)(=NCc1ccccc1)SCc1ccccc1. The predicted molar refractivity (Wildman–Crippen MR) is 92.6 cm³/mol. The zero-order valence-corrected chi connectivity index (χ0v) is 14.7. The van der Waals surface area contributed by atoms with Crippen molar-refractivity contribution in [1.82, 2.24) is 0 Å². The van der Waals surface area contributed by atoms with Crippen LogP contribution in [0.2, 0.25) is 0 Å². The van der Waals surface area contributed by atoms with Crippen LogP contribution in [0.15, 0.2) is 65.4 Å². The highest BCUT2D eigenvalue weighted by Gasteiger charge is 2.29. The number of benzene rings is 2. The van der Waals surface area contributed by atoms with E-state index < -0.39 is 14.5 Å². The standard InChI is InChI=1S/C14H17NO5P2S/c16-21(20-22(17,18)19,15-11-13-7-3-1-4-8-13)23-12-14-9-5-2-6-10-14/h1-10,16H,11-12H2,(H2,17,18,19). The van der Waals surface area contributed by atoms with Crippen molar-refractivity contribution in [3.8, 4) is 0 Å². The smallest absolute Gasteiger partial charge is 0.331 e. The Balaban J connectivity index is 2.16. The third-order valence-corrected chi connectivity index (χ3v) is 8.07. The minimum atomic E-state index is -4.84. The fourth-order valence-corrected chi connectivity index (χ4v) is 6.73. The second-order valence-corrected chi connectivity index (χ2v) is 10.3. The molecule has 9 heteroatoms. The fourth-order valence-electron chi connectivity index (χ4n) is 1.72. The van der Waals surface area contributed by atoms with Crippen LogP contribution in [0.4, 0.5) is 0 Å². The number of rotatable bonds is 7. The van der Waals surface area contributed by atoms with Gasteiger partial charge in [-0.2, -0.15) is 0 Å². The van der Waals surface area contributed by atoms with Gasteiger partial charge in [-0.25, -0.2) is 13.6 Å². The predicted octanol–water partition coefficient (Wildman–Crippen LogP) is 4.17. The lowest BCUT2D eigenvalue weighted by atomic mass is 10.2. The van der Waals surface area contributed by atoms with Gasteiger partial charge in [-0.15, -0.1) is 0 Å². The number of hydrogen-bond acceptors (Lipinski definition) is 4. The summed E-state index contributed by atoms with van der Waals surface area (Å²) in [4.78, 5) is 28.5. The number of phosphoric acid groups is 1. The van der Waals surface area contributed by atoms with Crippen molar-refractivity contribution in [1.29, 1.82) is 0 Å². The molecule has 0 fully saturated rings. The van der Waals surface area contributed by atoms with Gasteiger partial charge in [0, 0.05) is 5.75 Å². The Hall–Kier alpha value is -0.910. The molecule has 0 aliphatic heterocycles. The van der Waals surface area contributed by atoms with Gasteiger partial charge in [-0.05, 0) is 11.1 Å². The topological polar surface area (TPSA) is 99.4 Å². The summed E-state index contributed by atoms with van der Waals surface area (Å²) >= 11 is 0.909. The summed E-state index contributed by atoms with van der Waals surface area (Å²) in [5.41, 5.74) is 1.72. The Bertz CT molecular complexity index is 720. The maximum Gasteiger partial charge on any atom is 0.476 e. The van der Waals surface area contributed by atoms with E-state index in [-0.39, 0.29) is 6.54 Å². The lowest BCUT2D eigenvalue weighted by Gasteiger charge is -2.18. The zero-order chi connectivity index (χ0) is 16.8. The van der Waals surface area contributed by atoms with Gasteiger partial charge in [-0.1, -0.05) is 72.0 Å². The van der Waals surface area contributed by atoms with Gasteiger partial charge in [0.15, 0.2) is 0 Å². The Morgan fingerprint density at radius 1 is 0.913 bits per heavy atom. The van der Waals surface area contributed by atoms with Gasteiger partial charge in [0.2, 0.25) is 0 Å². The molecule has 23 heavy (non-hydrogen) atoms. The zero-order valence-electron chi connectivity index (χ0n) is 12.1. The summed E-state index contributed by atoms with van der Waals surface area (Å²) < 4.78 is 19.8. The highest BCUT2D eigenvalue weighted by molar-refractivity contribution is 8.55. The molecule has 0 heterocycles. The van der Waals surface area contributed by atoms with E-state index in [4.69, 9.17) is 9.79 Å². The first kappa shape index (κ1) is 18.4. The van der Waals surface area contributed by atoms with Crippen LogP contribution in [0.25, 0.3) is 0 Å². The molecule has 2 aromatic carbocycles. The molecular weight excluding hydrogens is 356 g/mol. The first-order valence-electron chi connectivity index (χ1n) is 6.66. The average Bonchev–Trinajstić information content (AvgIpc) is 2.52. The molecule has 0 aliphatic carbocycles. The van der Waals surface area contributed by atoms with Crippen molar-refractivity contribution in [2.75, 3.05) is 0 Å². The van der Waals surface area contributed by atoms with Crippen LogP contribution in [0.5, 0.6) is 0 Å². The van der Waals surface area contributed by atoms with Crippen LogP contribution < -0.4 is 0 Å². The minimum absolute atomic E-state index is 0.118. The third kappa shape index (κ3) is 7.02. The lowest BCUT2D eigenvalue weighted by Crippen LogP contribution is -1.89. The van der Waals surface area contributed by atoms with E-state index in [2.05, 4.69) is 9.06 Å². The van der Waals surface area contributed by atoms with Crippen molar-refractivity contribution in [2.24, 2.45) is 4.74 Å². The summed E-state index contributed by atoms with van der Waals surface area (Å²) in [5.74, 6) is 0.337. The van der Waals surface area contributed by atoms with E-state index in [0.717, 1.165) is 22.5 Å². The summed E-state index contributed by atoms with van der Waals surface area (Å²) in [6, 6.07) is 18.4. The molecule has 0 spiro atoms. The van der Waals surface area contributed by atoms with Crippen molar-refractivity contribution in [3.63, 3.8) is 0 Å². The molecule has 2 aromatic rings. The van der Waals surface area contributed by atoms with Crippen molar-refractivity contribution >= 4 is 25.9 Å². The molecular formula is C14H17NO5P2S. The van der Waals surface area contributed by atoms with Gasteiger partial charge in [0.25, 0.3) is 6.71 Å². The Kier molecular flexibility index (Phi) is 6.62. The van der Waals surface area contributed by atoms with Crippen molar-refractivity contribution in [3.05, 3.63) is 71.8 Å².